The van der Waals surface area contributed by atoms with Crippen molar-refractivity contribution in [3.8, 4) is 0 Å². The standard InChI is InChI=1S/C13H19N3OS2/c1-15-13(17)9-2-3-11(14)12(6-9)16-7-10-8-18-4-5-19-10/h2-3,6,10,16H,4-5,7-8,14H2,1H3,(H,15,17). The Hall–Kier alpha value is -1.01. The molecule has 0 radical (unpaired) electrons. The van der Waals surface area contributed by atoms with Gasteiger partial charge in [-0.25, -0.2) is 0 Å². The normalized spacial score (nSPS) is 18.9. The minimum absolute atomic E-state index is 0.0920. The van der Waals surface area contributed by atoms with Crippen LogP contribution in [0.1, 0.15) is 10.4 Å². The van der Waals surface area contributed by atoms with E-state index in [1.807, 2.05) is 29.6 Å². The zero-order valence-electron chi connectivity index (χ0n) is 10.9. The van der Waals surface area contributed by atoms with Gasteiger partial charge in [-0.15, -0.1) is 0 Å². The number of carbonyl (C=O) groups is 1. The summed E-state index contributed by atoms with van der Waals surface area (Å²) >= 11 is 4.00. The van der Waals surface area contributed by atoms with Gasteiger partial charge < -0.3 is 16.4 Å². The number of amides is 1. The Balaban J connectivity index is 2.00. The van der Waals surface area contributed by atoms with Gasteiger partial charge in [-0.3, -0.25) is 4.79 Å². The number of benzene rings is 1. The zero-order valence-corrected chi connectivity index (χ0v) is 12.6. The fourth-order valence-electron chi connectivity index (χ4n) is 1.87. The Bertz CT molecular complexity index is 448. The topological polar surface area (TPSA) is 67.2 Å². The Morgan fingerprint density at radius 3 is 3.00 bits per heavy atom. The molecule has 1 amide bonds. The highest BCUT2D eigenvalue weighted by molar-refractivity contribution is 8.06. The van der Waals surface area contributed by atoms with Gasteiger partial charge >= 0.3 is 0 Å². The summed E-state index contributed by atoms with van der Waals surface area (Å²) in [7, 11) is 1.63. The summed E-state index contributed by atoms with van der Waals surface area (Å²) < 4.78 is 0. The molecule has 1 heterocycles. The number of nitrogens with one attached hydrogen (secondary N) is 2. The molecule has 2 rings (SSSR count). The molecule has 1 fully saturated rings. The van der Waals surface area contributed by atoms with Crippen LogP contribution in [-0.2, 0) is 0 Å². The monoisotopic (exact) mass is 297 g/mol. The molecular formula is C13H19N3OS2. The van der Waals surface area contributed by atoms with Crippen LogP contribution < -0.4 is 16.4 Å². The van der Waals surface area contributed by atoms with Crippen LogP contribution in [0.2, 0.25) is 0 Å². The number of anilines is 2. The molecule has 1 aliphatic heterocycles. The van der Waals surface area contributed by atoms with Crippen molar-refractivity contribution in [3.05, 3.63) is 23.8 Å². The van der Waals surface area contributed by atoms with Crippen LogP contribution in [-0.4, -0.2) is 42.0 Å². The molecule has 0 spiro atoms. The largest absolute Gasteiger partial charge is 0.397 e. The molecule has 0 aromatic heterocycles. The molecule has 19 heavy (non-hydrogen) atoms. The highest BCUT2D eigenvalue weighted by Gasteiger charge is 2.14. The van der Waals surface area contributed by atoms with Crippen molar-refractivity contribution >= 4 is 40.8 Å². The predicted octanol–water partition coefficient (Wildman–Crippen LogP) is 1.89. The number of rotatable bonds is 4. The van der Waals surface area contributed by atoms with Gasteiger partial charge in [-0.2, -0.15) is 23.5 Å². The Morgan fingerprint density at radius 1 is 1.47 bits per heavy atom. The minimum Gasteiger partial charge on any atom is -0.397 e. The number of nitrogens with two attached hydrogens (primary N) is 1. The first kappa shape index (κ1) is 14.4. The molecule has 1 saturated heterocycles. The summed E-state index contributed by atoms with van der Waals surface area (Å²) in [5.74, 6) is 3.54. The summed E-state index contributed by atoms with van der Waals surface area (Å²) in [6.07, 6.45) is 0. The fraction of sp³-hybridized carbons (Fsp3) is 0.462. The molecule has 0 saturated carbocycles. The summed E-state index contributed by atoms with van der Waals surface area (Å²) in [4.78, 5) is 11.6. The molecular weight excluding hydrogens is 278 g/mol. The number of thioether (sulfide) groups is 2. The van der Waals surface area contributed by atoms with Crippen molar-refractivity contribution in [2.45, 2.75) is 5.25 Å². The van der Waals surface area contributed by atoms with Crippen molar-refractivity contribution in [1.82, 2.24) is 5.32 Å². The van der Waals surface area contributed by atoms with E-state index in [4.69, 9.17) is 5.73 Å². The van der Waals surface area contributed by atoms with Gasteiger partial charge in [0.25, 0.3) is 5.91 Å². The van der Waals surface area contributed by atoms with Crippen LogP contribution in [0.5, 0.6) is 0 Å². The van der Waals surface area contributed by atoms with Gasteiger partial charge in [-0.05, 0) is 18.2 Å². The minimum atomic E-state index is -0.0920. The predicted molar refractivity (Wildman–Crippen MR) is 86.3 cm³/mol. The molecule has 1 aromatic rings. The number of nitrogen functional groups attached to an aromatic ring is 1. The first-order valence-electron chi connectivity index (χ1n) is 6.25. The Labute approximate surface area is 122 Å². The molecule has 1 atom stereocenters. The van der Waals surface area contributed by atoms with E-state index in [1.165, 1.54) is 17.3 Å². The molecule has 0 aliphatic carbocycles. The van der Waals surface area contributed by atoms with E-state index in [1.54, 1.807) is 19.2 Å². The average Bonchev–Trinajstić information content (AvgIpc) is 2.46. The lowest BCUT2D eigenvalue weighted by Gasteiger charge is -2.22. The molecule has 1 aliphatic rings. The summed E-state index contributed by atoms with van der Waals surface area (Å²) in [5, 5.41) is 6.59. The maximum atomic E-state index is 11.6. The summed E-state index contributed by atoms with van der Waals surface area (Å²) in [5.41, 5.74) is 8.10. The van der Waals surface area contributed by atoms with Crippen LogP contribution >= 0.6 is 23.5 Å². The number of hydrogen-bond donors (Lipinski definition) is 3. The highest BCUT2D eigenvalue weighted by atomic mass is 32.2. The SMILES string of the molecule is CNC(=O)c1ccc(N)c(NCC2CSCCS2)c1. The average molecular weight is 297 g/mol. The second-order valence-electron chi connectivity index (χ2n) is 4.33. The van der Waals surface area contributed by atoms with Gasteiger partial charge in [0.2, 0.25) is 0 Å². The van der Waals surface area contributed by atoms with E-state index >= 15 is 0 Å². The van der Waals surface area contributed by atoms with Crippen LogP contribution in [0, 0.1) is 0 Å². The molecule has 104 valence electrons. The van der Waals surface area contributed by atoms with Crippen molar-refractivity contribution < 1.29 is 4.79 Å². The summed E-state index contributed by atoms with van der Waals surface area (Å²) in [6, 6.07) is 5.33. The fourth-order valence-corrected chi connectivity index (χ4v) is 4.48. The quantitative estimate of drug-likeness (QED) is 0.741. The molecule has 0 bridgehead atoms. The Morgan fingerprint density at radius 2 is 2.32 bits per heavy atom. The van der Waals surface area contributed by atoms with Crippen LogP contribution in [0.3, 0.4) is 0 Å². The first-order valence-corrected chi connectivity index (χ1v) is 8.46. The summed E-state index contributed by atoms with van der Waals surface area (Å²) in [6.45, 7) is 0.888. The second kappa shape index (κ2) is 6.96. The van der Waals surface area contributed by atoms with E-state index in [-0.39, 0.29) is 5.91 Å². The molecule has 1 aromatic carbocycles. The Kier molecular flexibility index (Phi) is 5.27. The van der Waals surface area contributed by atoms with Gasteiger partial charge in [-0.1, -0.05) is 0 Å². The lowest BCUT2D eigenvalue weighted by atomic mass is 10.1. The zero-order chi connectivity index (χ0) is 13.7. The molecule has 4 N–H and O–H groups in total. The third-order valence-electron chi connectivity index (χ3n) is 2.95. The van der Waals surface area contributed by atoms with Crippen molar-refractivity contribution in [3.63, 3.8) is 0 Å². The second-order valence-corrected chi connectivity index (χ2v) is 6.89. The number of carbonyl (C=O) groups excluding carboxylic acids is 1. The van der Waals surface area contributed by atoms with E-state index in [9.17, 15) is 4.79 Å². The maximum Gasteiger partial charge on any atom is 0.251 e. The van der Waals surface area contributed by atoms with Crippen molar-refractivity contribution in [2.75, 3.05) is 41.9 Å². The van der Waals surface area contributed by atoms with E-state index in [0.717, 1.165) is 12.2 Å². The van der Waals surface area contributed by atoms with Gasteiger partial charge in [0.15, 0.2) is 0 Å². The van der Waals surface area contributed by atoms with Gasteiger partial charge in [0.05, 0.1) is 11.4 Å². The smallest absolute Gasteiger partial charge is 0.251 e. The molecule has 4 nitrogen and oxygen atoms in total. The first-order chi connectivity index (χ1) is 9.20. The molecule has 1 unspecified atom stereocenters. The van der Waals surface area contributed by atoms with Crippen molar-refractivity contribution in [1.29, 1.82) is 0 Å². The number of hydrogen-bond acceptors (Lipinski definition) is 5. The maximum absolute atomic E-state index is 11.6. The molecule has 6 heteroatoms. The lowest BCUT2D eigenvalue weighted by Crippen LogP contribution is -2.24. The van der Waals surface area contributed by atoms with Crippen LogP contribution in [0.25, 0.3) is 0 Å². The van der Waals surface area contributed by atoms with E-state index in [2.05, 4.69) is 10.6 Å². The van der Waals surface area contributed by atoms with Gasteiger partial charge in [0.1, 0.15) is 0 Å². The van der Waals surface area contributed by atoms with Crippen molar-refractivity contribution in [2.24, 2.45) is 0 Å². The van der Waals surface area contributed by atoms with Crippen LogP contribution in [0.4, 0.5) is 11.4 Å². The van der Waals surface area contributed by atoms with E-state index in [0.29, 0.717) is 16.5 Å². The third kappa shape index (κ3) is 3.98. The lowest BCUT2D eigenvalue weighted by molar-refractivity contribution is 0.0963. The van der Waals surface area contributed by atoms with Gasteiger partial charge in [0, 0.05) is 41.7 Å². The van der Waals surface area contributed by atoms with E-state index < -0.39 is 0 Å². The third-order valence-corrected chi connectivity index (χ3v) is 5.79. The highest BCUT2D eigenvalue weighted by Crippen LogP contribution is 2.26. The van der Waals surface area contributed by atoms with Crippen LogP contribution in [0.15, 0.2) is 18.2 Å².